The molecule has 0 aliphatic heterocycles. The molecule has 0 aromatic heterocycles. The molecule has 0 heterocycles. The van der Waals surface area contributed by atoms with Crippen LogP contribution in [0, 0.1) is 6.92 Å². The number of ether oxygens (including phenoxy) is 1. The molecule has 0 unspecified atom stereocenters. The van der Waals surface area contributed by atoms with Gasteiger partial charge in [0, 0.05) is 30.1 Å². The Bertz CT molecular complexity index is 638. The maximum atomic E-state index is 12.5. The molecular formula is C16H18N2O2. The lowest BCUT2D eigenvalue weighted by atomic mass is 10.1. The Morgan fingerprint density at radius 3 is 2.60 bits per heavy atom. The zero-order valence-corrected chi connectivity index (χ0v) is 11.9. The number of rotatable bonds is 3. The summed E-state index contributed by atoms with van der Waals surface area (Å²) in [6, 6.07) is 12.8. The van der Waals surface area contributed by atoms with Gasteiger partial charge in [0.2, 0.25) is 0 Å². The van der Waals surface area contributed by atoms with Crippen molar-refractivity contribution in [3.05, 3.63) is 53.6 Å². The van der Waals surface area contributed by atoms with Crippen molar-refractivity contribution in [1.29, 1.82) is 0 Å². The maximum absolute atomic E-state index is 12.5. The fourth-order valence-corrected chi connectivity index (χ4v) is 2.01. The molecule has 1 amide bonds. The molecule has 104 valence electrons. The minimum absolute atomic E-state index is 0.124. The van der Waals surface area contributed by atoms with Gasteiger partial charge < -0.3 is 15.4 Å². The molecule has 4 heteroatoms. The summed E-state index contributed by atoms with van der Waals surface area (Å²) in [4.78, 5) is 14.1. The fourth-order valence-electron chi connectivity index (χ4n) is 2.01. The van der Waals surface area contributed by atoms with Crippen LogP contribution in [0.1, 0.15) is 15.9 Å². The van der Waals surface area contributed by atoms with Crippen LogP contribution >= 0.6 is 0 Å². The summed E-state index contributed by atoms with van der Waals surface area (Å²) in [5.41, 5.74) is 8.74. The van der Waals surface area contributed by atoms with Crippen LogP contribution in [0.5, 0.6) is 5.75 Å². The number of aryl methyl sites for hydroxylation is 1. The van der Waals surface area contributed by atoms with Crippen LogP contribution in [0.25, 0.3) is 0 Å². The van der Waals surface area contributed by atoms with Crippen LogP contribution in [0.4, 0.5) is 11.4 Å². The van der Waals surface area contributed by atoms with Crippen molar-refractivity contribution in [1.82, 2.24) is 0 Å². The highest BCUT2D eigenvalue weighted by atomic mass is 16.5. The second-order valence-corrected chi connectivity index (χ2v) is 4.70. The quantitative estimate of drug-likeness (QED) is 0.872. The summed E-state index contributed by atoms with van der Waals surface area (Å²) >= 11 is 0. The van der Waals surface area contributed by atoms with E-state index in [0.717, 1.165) is 11.3 Å². The predicted octanol–water partition coefficient (Wildman–Crippen LogP) is 2.86. The number of nitrogens with two attached hydrogens (primary N) is 1. The molecule has 0 fully saturated rings. The number of hydrogen-bond acceptors (Lipinski definition) is 3. The zero-order chi connectivity index (χ0) is 14.7. The SMILES string of the molecule is COc1cc(N)cc(C(=O)N(C)c2cccc(C)c2)c1. The highest BCUT2D eigenvalue weighted by Crippen LogP contribution is 2.22. The lowest BCUT2D eigenvalue weighted by molar-refractivity contribution is 0.0992. The lowest BCUT2D eigenvalue weighted by Crippen LogP contribution is -2.26. The molecule has 20 heavy (non-hydrogen) atoms. The van der Waals surface area contributed by atoms with E-state index in [2.05, 4.69) is 0 Å². The van der Waals surface area contributed by atoms with Gasteiger partial charge in [-0.3, -0.25) is 4.79 Å². The Morgan fingerprint density at radius 2 is 1.95 bits per heavy atom. The van der Waals surface area contributed by atoms with E-state index in [1.165, 1.54) is 0 Å². The second-order valence-electron chi connectivity index (χ2n) is 4.70. The topological polar surface area (TPSA) is 55.6 Å². The zero-order valence-electron chi connectivity index (χ0n) is 11.9. The molecule has 0 radical (unpaired) electrons. The Morgan fingerprint density at radius 1 is 1.20 bits per heavy atom. The molecule has 0 bridgehead atoms. The Kier molecular flexibility index (Phi) is 3.94. The van der Waals surface area contributed by atoms with E-state index >= 15 is 0 Å². The number of carbonyl (C=O) groups is 1. The normalized spacial score (nSPS) is 10.2. The minimum atomic E-state index is -0.124. The Balaban J connectivity index is 2.33. The number of benzene rings is 2. The summed E-state index contributed by atoms with van der Waals surface area (Å²) < 4.78 is 5.14. The Labute approximate surface area is 118 Å². The van der Waals surface area contributed by atoms with Crippen molar-refractivity contribution in [2.75, 3.05) is 24.8 Å². The van der Waals surface area contributed by atoms with E-state index in [-0.39, 0.29) is 5.91 Å². The van der Waals surface area contributed by atoms with Gasteiger partial charge in [0.15, 0.2) is 0 Å². The third kappa shape index (κ3) is 2.91. The molecule has 0 aliphatic rings. The van der Waals surface area contributed by atoms with Gasteiger partial charge in [0.25, 0.3) is 5.91 Å². The number of nitrogen functional groups attached to an aromatic ring is 1. The summed E-state index contributed by atoms with van der Waals surface area (Å²) in [6.45, 7) is 1.99. The number of nitrogens with zero attached hydrogens (tertiary/aromatic N) is 1. The number of hydrogen-bond donors (Lipinski definition) is 1. The first-order valence-corrected chi connectivity index (χ1v) is 6.30. The van der Waals surface area contributed by atoms with Crippen molar-refractivity contribution >= 4 is 17.3 Å². The molecule has 0 atom stereocenters. The first-order chi connectivity index (χ1) is 9.51. The maximum Gasteiger partial charge on any atom is 0.258 e. The van der Waals surface area contributed by atoms with Crippen LogP contribution in [0.3, 0.4) is 0 Å². The van der Waals surface area contributed by atoms with Gasteiger partial charge in [-0.25, -0.2) is 0 Å². The monoisotopic (exact) mass is 270 g/mol. The van der Waals surface area contributed by atoms with Crippen molar-refractivity contribution in [3.63, 3.8) is 0 Å². The minimum Gasteiger partial charge on any atom is -0.497 e. The van der Waals surface area contributed by atoms with Crippen LogP contribution < -0.4 is 15.4 Å². The van der Waals surface area contributed by atoms with Crippen molar-refractivity contribution < 1.29 is 9.53 Å². The fraction of sp³-hybridized carbons (Fsp3) is 0.188. The number of carbonyl (C=O) groups excluding carboxylic acids is 1. The van der Waals surface area contributed by atoms with E-state index in [9.17, 15) is 4.79 Å². The van der Waals surface area contributed by atoms with Gasteiger partial charge in [-0.15, -0.1) is 0 Å². The average Bonchev–Trinajstić information content (AvgIpc) is 2.45. The summed E-state index contributed by atoms with van der Waals surface area (Å²) in [5.74, 6) is 0.451. The first-order valence-electron chi connectivity index (χ1n) is 6.30. The smallest absolute Gasteiger partial charge is 0.258 e. The van der Waals surface area contributed by atoms with Gasteiger partial charge in [-0.1, -0.05) is 12.1 Å². The van der Waals surface area contributed by atoms with Gasteiger partial charge in [0.1, 0.15) is 5.75 Å². The molecule has 2 aromatic rings. The molecule has 2 N–H and O–H groups in total. The Hall–Kier alpha value is -2.49. The van der Waals surface area contributed by atoms with E-state index in [1.54, 1.807) is 37.3 Å². The van der Waals surface area contributed by atoms with Crippen LogP contribution in [0.15, 0.2) is 42.5 Å². The van der Waals surface area contributed by atoms with Gasteiger partial charge >= 0.3 is 0 Å². The van der Waals surface area contributed by atoms with E-state index in [0.29, 0.717) is 17.0 Å². The van der Waals surface area contributed by atoms with Gasteiger partial charge in [-0.2, -0.15) is 0 Å². The van der Waals surface area contributed by atoms with E-state index in [4.69, 9.17) is 10.5 Å². The van der Waals surface area contributed by atoms with Crippen LogP contribution in [-0.4, -0.2) is 20.1 Å². The lowest BCUT2D eigenvalue weighted by Gasteiger charge is -2.18. The number of anilines is 2. The molecule has 2 aromatic carbocycles. The van der Waals surface area contributed by atoms with Crippen LogP contribution in [-0.2, 0) is 0 Å². The molecule has 0 saturated carbocycles. The molecule has 0 aliphatic carbocycles. The van der Waals surface area contributed by atoms with Crippen molar-refractivity contribution in [2.24, 2.45) is 0 Å². The largest absolute Gasteiger partial charge is 0.497 e. The third-order valence-corrected chi connectivity index (χ3v) is 3.11. The third-order valence-electron chi connectivity index (χ3n) is 3.11. The summed E-state index contributed by atoms with van der Waals surface area (Å²) in [5, 5.41) is 0. The highest BCUT2D eigenvalue weighted by molar-refractivity contribution is 6.06. The predicted molar refractivity (Wildman–Crippen MR) is 81.3 cm³/mol. The van der Waals surface area contributed by atoms with Crippen LogP contribution in [0.2, 0.25) is 0 Å². The number of methoxy groups -OCH3 is 1. The van der Waals surface area contributed by atoms with Crippen molar-refractivity contribution in [3.8, 4) is 5.75 Å². The molecule has 2 rings (SSSR count). The summed E-state index contributed by atoms with van der Waals surface area (Å²) in [6.07, 6.45) is 0. The van der Waals surface area contributed by atoms with E-state index < -0.39 is 0 Å². The number of amides is 1. The van der Waals surface area contributed by atoms with Crippen molar-refractivity contribution in [2.45, 2.75) is 6.92 Å². The standard InChI is InChI=1S/C16H18N2O2/c1-11-5-4-6-14(7-11)18(2)16(19)12-8-13(17)10-15(9-12)20-3/h4-10H,17H2,1-3H3. The first kappa shape index (κ1) is 13.9. The van der Waals surface area contributed by atoms with E-state index in [1.807, 2.05) is 31.2 Å². The molecule has 0 spiro atoms. The summed E-state index contributed by atoms with van der Waals surface area (Å²) in [7, 11) is 3.29. The van der Waals surface area contributed by atoms with Gasteiger partial charge in [-0.05, 0) is 36.8 Å². The molecule has 0 saturated heterocycles. The average molecular weight is 270 g/mol. The molecule has 4 nitrogen and oxygen atoms in total. The van der Waals surface area contributed by atoms with Gasteiger partial charge in [0.05, 0.1) is 7.11 Å². The molecular weight excluding hydrogens is 252 g/mol. The highest BCUT2D eigenvalue weighted by Gasteiger charge is 2.15. The second kappa shape index (κ2) is 5.65.